The minimum atomic E-state index is -0.340. The van der Waals surface area contributed by atoms with Gasteiger partial charge in [-0.2, -0.15) is 0 Å². The summed E-state index contributed by atoms with van der Waals surface area (Å²) in [7, 11) is 1.78. The van der Waals surface area contributed by atoms with Crippen LogP contribution < -0.4 is 5.32 Å². The summed E-state index contributed by atoms with van der Waals surface area (Å²) in [5.74, 6) is -0.383. The average molecular weight is 329 g/mol. The molecule has 0 bridgehead atoms. The molecule has 124 valence electrons. The molecule has 3 nitrogen and oxygen atoms in total. The average Bonchev–Trinajstić information content (AvgIpc) is 2.43. The first-order valence-corrected chi connectivity index (χ1v) is 8.22. The molecule has 1 N–H and O–H groups in total. The summed E-state index contributed by atoms with van der Waals surface area (Å²) in [5.41, 5.74) is 0.426. The first-order valence-electron chi connectivity index (χ1n) is 7.84. The maximum absolute atomic E-state index is 13.7. The normalized spacial score (nSPS) is 12.5. The molecule has 0 spiro atoms. The van der Waals surface area contributed by atoms with Crippen LogP contribution in [-0.2, 0) is 11.3 Å². The number of nitrogens with one attached hydrogen (secondary N) is 1. The SMILES string of the molecule is CCCCC[C@H](C)NC(=O)CN(C)Cc1c(F)cccc1Cl. The van der Waals surface area contributed by atoms with Crippen molar-refractivity contribution in [2.24, 2.45) is 0 Å². The van der Waals surface area contributed by atoms with Crippen molar-refractivity contribution in [3.05, 3.63) is 34.6 Å². The van der Waals surface area contributed by atoms with Crippen molar-refractivity contribution < 1.29 is 9.18 Å². The minimum Gasteiger partial charge on any atom is -0.353 e. The van der Waals surface area contributed by atoms with Gasteiger partial charge >= 0.3 is 0 Å². The highest BCUT2D eigenvalue weighted by Crippen LogP contribution is 2.20. The zero-order valence-electron chi connectivity index (χ0n) is 13.7. The van der Waals surface area contributed by atoms with Gasteiger partial charge in [0.2, 0.25) is 5.91 Å². The molecule has 0 radical (unpaired) electrons. The summed E-state index contributed by atoms with van der Waals surface area (Å²) >= 11 is 6.00. The first kappa shape index (κ1) is 18.9. The number of benzene rings is 1. The van der Waals surface area contributed by atoms with Crippen LogP contribution in [0.4, 0.5) is 4.39 Å². The van der Waals surface area contributed by atoms with Gasteiger partial charge in [0, 0.05) is 23.2 Å². The molecule has 22 heavy (non-hydrogen) atoms. The largest absolute Gasteiger partial charge is 0.353 e. The lowest BCUT2D eigenvalue weighted by Crippen LogP contribution is -2.39. The van der Waals surface area contributed by atoms with Crippen LogP contribution in [0.5, 0.6) is 0 Å². The number of carbonyl (C=O) groups excluding carboxylic acids is 1. The lowest BCUT2D eigenvalue weighted by atomic mass is 10.1. The van der Waals surface area contributed by atoms with E-state index in [0.29, 0.717) is 17.1 Å². The number of hydrogen-bond donors (Lipinski definition) is 1. The maximum Gasteiger partial charge on any atom is 0.234 e. The Morgan fingerprint density at radius 3 is 2.77 bits per heavy atom. The zero-order chi connectivity index (χ0) is 16.5. The van der Waals surface area contributed by atoms with E-state index in [9.17, 15) is 9.18 Å². The molecule has 1 amide bonds. The summed E-state index contributed by atoms with van der Waals surface area (Å²) in [6, 6.07) is 4.78. The van der Waals surface area contributed by atoms with Crippen molar-refractivity contribution in [1.82, 2.24) is 10.2 Å². The Balaban J connectivity index is 2.41. The number of nitrogens with zero attached hydrogens (tertiary/aromatic N) is 1. The Morgan fingerprint density at radius 2 is 2.14 bits per heavy atom. The molecule has 0 unspecified atom stereocenters. The Kier molecular flexibility index (Phi) is 8.43. The molecule has 0 fully saturated rings. The van der Waals surface area contributed by atoms with Gasteiger partial charge in [0.15, 0.2) is 0 Å². The predicted octanol–water partition coefficient (Wildman–Crippen LogP) is 4.00. The Morgan fingerprint density at radius 1 is 1.41 bits per heavy atom. The number of unbranched alkanes of at least 4 members (excludes halogenated alkanes) is 2. The fourth-order valence-electron chi connectivity index (χ4n) is 2.35. The standard InChI is InChI=1S/C17H26ClFN2O/c1-4-5-6-8-13(2)20-17(22)12-21(3)11-14-15(18)9-7-10-16(14)19/h7,9-10,13H,4-6,8,11-12H2,1-3H3,(H,20,22)/t13-/m0/s1. The summed E-state index contributed by atoms with van der Waals surface area (Å²) in [6.45, 7) is 4.71. The molecule has 1 aromatic carbocycles. The molecule has 0 aliphatic rings. The van der Waals surface area contributed by atoms with E-state index in [2.05, 4.69) is 12.2 Å². The highest BCUT2D eigenvalue weighted by Gasteiger charge is 2.13. The summed E-state index contributed by atoms with van der Waals surface area (Å²) in [4.78, 5) is 13.7. The van der Waals surface area contributed by atoms with Crippen molar-refractivity contribution in [3.8, 4) is 0 Å². The Hall–Kier alpha value is -1.13. The molecule has 1 atom stereocenters. The van der Waals surface area contributed by atoms with Crippen molar-refractivity contribution in [3.63, 3.8) is 0 Å². The van der Waals surface area contributed by atoms with Gasteiger partial charge in [-0.05, 0) is 32.5 Å². The van der Waals surface area contributed by atoms with E-state index < -0.39 is 0 Å². The third-order valence-corrected chi connectivity index (χ3v) is 3.91. The third-order valence-electron chi connectivity index (χ3n) is 3.55. The second-order valence-electron chi connectivity index (χ2n) is 5.84. The number of amides is 1. The molecule has 0 aromatic heterocycles. The fourth-order valence-corrected chi connectivity index (χ4v) is 2.57. The topological polar surface area (TPSA) is 32.3 Å². The maximum atomic E-state index is 13.7. The van der Waals surface area contributed by atoms with Crippen LogP contribution in [0.25, 0.3) is 0 Å². The molecule has 1 rings (SSSR count). The van der Waals surface area contributed by atoms with Crippen molar-refractivity contribution >= 4 is 17.5 Å². The molecule has 5 heteroatoms. The van der Waals surface area contributed by atoms with Gasteiger partial charge in [0.25, 0.3) is 0 Å². The lowest BCUT2D eigenvalue weighted by molar-refractivity contribution is -0.122. The quantitative estimate of drug-likeness (QED) is 0.695. The van der Waals surface area contributed by atoms with E-state index in [0.717, 1.165) is 12.8 Å². The highest BCUT2D eigenvalue weighted by atomic mass is 35.5. The highest BCUT2D eigenvalue weighted by molar-refractivity contribution is 6.31. The number of likely N-dealkylation sites (N-methyl/N-ethyl adjacent to an activating group) is 1. The molecule has 0 saturated heterocycles. The molecular formula is C17H26ClFN2O. The van der Waals surface area contributed by atoms with Crippen molar-refractivity contribution in [1.29, 1.82) is 0 Å². The zero-order valence-corrected chi connectivity index (χ0v) is 14.4. The summed E-state index contributed by atoms with van der Waals surface area (Å²) in [5, 5.41) is 3.37. The van der Waals surface area contributed by atoms with Gasteiger partial charge in [0.05, 0.1) is 6.54 Å². The van der Waals surface area contributed by atoms with Gasteiger partial charge < -0.3 is 5.32 Å². The smallest absolute Gasteiger partial charge is 0.234 e. The molecular weight excluding hydrogens is 303 g/mol. The lowest BCUT2D eigenvalue weighted by Gasteiger charge is -2.19. The van der Waals surface area contributed by atoms with Crippen LogP contribution in [0.15, 0.2) is 18.2 Å². The second kappa shape index (κ2) is 9.80. The van der Waals surface area contributed by atoms with Crippen molar-refractivity contribution in [2.45, 2.75) is 52.1 Å². The summed E-state index contributed by atoms with van der Waals surface area (Å²) < 4.78 is 13.7. The van der Waals surface area contributed by atoms with Gasteiger partial charge in [-0.25, -0.2) is 4.39 Å². The summed E-state index contributed by atoms with van der Waals surface area (Å²) in [6.07, 6.45) is 4.47. The van der Waals surface area contributed by atoms with Gasteiger partial charge in [-0.1, -0.05) is 43.9 Å². The monoisotopic (exact) mass is 328 g/mol. The van der Waals surface area contributed by atoms with E-state index in [-0.39, 0.29) is 24.3 Å². The number of rotatable bonds is 9. The van der Waals surface area contributed by atoms with E-state index in [1.165, 1.54) is 18.9 Å². The van der Waals surface area contributed by atoms with Gasteiger partial charge in [0.1, 0.15) is 5.82 Å². The number of hydrogen-bond acceptors (Lipinski definition) is 2. The Bertz CT molecular complexity index is 461. The molecule has 0 heterocycles. The van der Waals surface area contributed by atoms with Crippen LogP contribution in [-0.4, -0.2) is 30.4 Å². The number of carbonyl (C=O) groups is 1. The third kappa shape index (κ3) is 6.75. The van der Waals surface area contributed by atoms with Crippen LogP contribution in [0.2, 0.25) is 5.02 Å². The Labute approximate surface area is 137 Å². The van der Waals surface area contributed by atoms with E-state index >= 15 is 0 Å². The van der Waals surface area contributed by atoms with Crippen LogP contribution in [0, 0.1) is 5.82 Å². The molecule has 1 aromatic rings. The van der Waals surface area contributed by atoms with E-state index in [1.807, 2.05) is 6.92 Å². The molecule has 0 saturated carbocycles. The molecule has 0 aliphatic carbocycles. The van der Waals surface area contributed by atoms with E-state index in [4.69, 9.17) is 11.6 Å². The second-order valence-corrected chi connectivity index (χ2v) is 6.24. The van der Waals surface area contributed by atoms with Crippen molar-refractivity contribution in [2.75, 3.05) is 13.6 Å². The van der Waals surface area contributed by atoms with Gasteiger partial charge in [-0.15, -0.1) is 0 Å². The minimum absolute atomic E-state index is 0.0426. The molecule has 0 aliphatic heterocycles. The first-order chi connectivity index (χ1) is 10.4. The van der Waals surface area contributed by atoms with Crippen LogP contribution in [0.3, 0.4) is 0 Å². The van der Waals surface area contributed by atoms with Crippen LogP contribution >= 0.6 is 11.6 Å². The number of halogens is 2. The predicted molar refractivity (Wildman–Crippen MR) is 89.5 cm³/mol. The van der Waals surface area contributed by atoms with Crippen LogP contribution in [0.1, 0.15) is 45.1 Å². The van der Waals surface area contributed by atoms with Gasteiger partial charge in [-0.3, -0.25) is 9.69 Å². The van der Waals surface area contributed by atoms with E-state index in [1.54, 1.807) is 24.1 Å². The fraction of sp³-hybridized carbons (Fsp3) is 0.588.